The maximum absolute atomic E-state index is 12.8. The monoisotopic (exact) mass is 411 g/mol. The third-order valence-electron chi connectivity index (χ3n) is 3.74. The second-order valence-corrected chi connectivity index (χ2v) is 7.85. The lowest BCUT2D eigenvalue weighted by Gasteiger charge is -2.06. The SMILES string of the molecule is CCOC(=O)c1sc(-c2ccc(C(F)(F)F)cc2)nc1Cc1cc(C)cs1. The van der Waals surface area contributed by atoms with Crippen LogP contribution in [0.5, 0.6) is 0 Å². The Hall–Kier alpha value is -2.19. The topological polar surface area (TPSA) is 39.2 Å². The van der Waals surface area contributed by atoms with Crippen LogP contribution >= 0.6 is 22.7 Å². The van der Waals surface area contributed by atoms with Crippen LogP contribution in [0.25, 0.3) is 10.6 Å². The van der Waals surface area contributed by atoms with Crippen LogP contribution in [0.4, 0.5) is 13.2 Å². The van der Waals surface area contributed by atoms with Crippen molar-refractivity contribution in [3.05, 3.63) is 62.3 Å². The number of benzene rings is 1. The van der Waals surface area contributed by atoms with E-state index in [2.05, 4.69) is 4.98 Å². The Labute approximate surface area is 162 Å². The van der Waals surface area contributed by atoms with Crippen LogP contribution in [0, 0.1) is 6.92 Å². The Morgan fingerprint density at radius 2 is 1.93 bits per heavy atom. The van der Waals surface area contributed by atoms with E-state index < -0.39 is 17.7 Å². The molecule has 0 atom stereocenters. The fraction of sp³-hybridized carbons (Fsp3) is 0.263. The van der Waals surface area contributed by atoms with Crippen molar-refractivity contribution < 1.29 is 22.7 Å². The Balaban J connectivity index is 1.96. The van der Waals surface area contributed by atoms with E-state index in [0.717, 1.165) is 33.9 Å². The minimum Gasteiger partial charge on any atom is -0.462 e. The minimum absolute atomic E-state index is 0.240. The summed E-state index contributed by atoms with van der Waals surface area (Å²) in [6, 6.07) is 6.80. The maximum Gasteiger partial charge on any atom is 0.416 e. The molecule has 0 spiro atoms. The fourth-order valence-electron chi connectivity index (χ4n) is 2.50. The van der Waals surface area contributed by atoms with Crippen LogP contribution in [0.2, 0.25) is 0 Å². The molecule has 0 bridgehead atoms. The van der Waals surface area contributed by atoms with Gasteiger partial charge in [-0.3, -0.25) is 0 Å². The molecule has 0 aliphatic carbocycles. The molecular weight excluding hydrogens is 395 g/mol. The van der Waals surface area contributed by atoms with Gasteiger partial charge in [0.05, 0.1) is 17.9 Å². The number of esters is 1. The van der Waals surface area contributed by atoms with Gasteiger partial charge in [-0.05, 0) is 43.0 Å². The van der Waals surface area contributed by atoms with Crippen LogP contribution in [0.1, 0.15) is 38.3 Å². The quantitative estimate of drug-likeness (QED) is 0.486. The fourth-order valence-corrected chi connectivity index (χ4v) is 4.36. The van der Waals surface area contributed by atoms with Crippen molar-refractivity contribution in [2.75, 3.05) is 6.61 Å². The van der Waals surface area contributed by atoms with Crippen molar-refractivity contribution in [2.24, 2.45) is 0 Å². The standard InChI is InChI=1S/C19H16F3NO2S2/c1-3-25-18(24)16-15(9-14-8-11(2)10-26-14)23-17(27-16)12-4-6-13(7-5-12)19(20,21)22/h4-8,10H,3,9H2,1-2H3. The molecule has 0 saturated heterocycles. The first-order valence-electron chi connectivity index (χ1n) is 8.16. The van der Waals surface area contributed by atoms with Crippen LogP contribution in [-0.4, -0.2) is 17.6 Å². The van der Waals surface area contributed by atoms with Gasteiger partial charge in [-0.25, -0.2) is 9.78 Å². The van der Waals surface area contributed by atoms with E-state index in [4.69, 9.17) is 4.74 Å². The number of nitrogens with zero attached hydrogens (tertiary/aromatic N) is 1. The Kier molecular flexibility index (Phi) is 5.67. The van der Waals surface area contributed by atoms with E-state index >= 15 is 0 Å². The molecule has 0 aliphatic heterocycles. The number of carbonyl (C=O) groups is 1. The van der Waals surface area contributed by atoms with Gasteiger partial charge in [0, 0.05) is 16.9 Å². The van der Waals surface area contributed by atoms with Gasteiger partial charge in [-0.2, -0.15) is 13.2 Å². The number of aryl methyl sites for hydroxylation is 1. The molecule has 0 unspecified atom stereocenters. The number of aromatic nitrogens is 1. The molecule has 1 aromatic carbocycles. The number of alkyl halides is 3. The molecule has 2 heterocycles. The molecule has 0 fully saturated rings. The molecule has 0 N–H and O–H groups in total. The lowest BCUT2D eigenvalue weighted by atomic mass is 10.1. The number of carbonyl (C=O) groups excluding carboxylic acids is 1. The van der Waals surface area contributed by atoms with E-state index in [1.807, 2.05) is 18.4 Å². The summed E-state index contributed by atoms with van der Waals surface area (Å²) < 4.78 is 43.4. The van der Waals surface area contributed by atoms with Crippen LogP contribution in [0.15, 0.2) is 35.7 Å². The lowest BCUT2D eigenvalue weighted by Crippen LogP contribution is -2.05. The highest BCUT2D eigenvalue weighted by Crippen LogP contribution is 2.34. The zero-order valence-electron chi connectivity index (χ0n) is 14.6. The Morgan fingerprint density at radius 1 is 1.22 bits per heavy atom. The van der Waals surface area contributed by atoms with Crippen LogP contribution < -0.4 is 0 Å². The smallest absolute Gasteiger partial charge is 0.416 e. The van der Waals surface area contributed by atoms with Gasteiger partial charge >= 0.3 is 12.1 Å². The second-order valence-electron chi connectivity index (χ2n) is 5.86. The number of ether oxygens (including phenoxy) is 1. The summed E-state index contributed by atoms with van der Waals surface area (Å²) in [5.41, 5.74) is 1.52. The predicted molar refractivity (Wildman–Crippen MR) is 100 cm³/mol. The van der Waals surface area contributed by atoms with E-state index in [1.54, 1.807) is 18.3 Å². The Bertz CT molecular complexity index is 943. The van der Waals surface area contributed by atoms with Gasteiger partial charge in [-0.1, -0.05) is 12.1 Å². The molecule has 8 heteroatoms. The molecule has 0 aliphatic rings. The van der Waals surface area contributed by atoms with Gasteiger partial charge in [0.15, 0.2) is 0 Å². The van der Waals surface area contributed by atoms with Gasteiger partial charge < -0.3 is 4.74 Å². The maximum atomic E-state index is 12.8. The number of rotatable bonds is 5. The molecule has 3 aromatic rings. The molecule has 0 amide bonds. The number of hydrogen-bond donors (Lipinski definition) is 0. The molecule has 3 nitrogen and oxygen atoms in total. The summed E-state index contributed by atoms with van der Waals surface area (Å²) in [6.07, 6.45) is -3.91. The first-order chi connectivity index (χ1) is 12.8. The zero-order chi connectivity index (χ0) is 19.6. The average Bonchev–Trinajstić information content (AvgIpc) is 3.21. The molecule has 3 rings (SSSR count). The molecule has 0 radical (unpaired) electrons. The largest absolute Gasteiger partial charge is 0.462 e. The molecule has 2 aromatic heterocycles. The van der Waals surface area contributed by atoms with E-state index in [1.165, 1.54) is 12.1 Å². The zero-order valence-corrected chi connectivity index (χ0v) is 16.2. The van der Waals surface area contributed by atoms with Crippen molar-refractivity contribution in [1.82, 2.24) is 4.98 Å². The summed E-state index contributed by atoms with van der Waals surface area (Å²) in [7, 11) is 0. The number of hydrogen-bond acceptors (Lipinski definition) is 5. The third-order valence-corrected chi connectivity index (χ3v) is 5.93. The van der Waals surface area contributed by atoms with E-state index in [-0.39, 0.29) is 6.61 Å². The number of halogens is 3. The average molecular weight is 411 g/mol. The first-order valence-corrected chi connectivity index (χ1v) is 9.86. The van der Waals surface area contributed by atoms with Crippen molar-refractivity contribution >= 4 is 28.6 Å². The summed E-state index contributed by atoms with van der Waals surface area (Å²) in [6.45, 7) is 3.95. The highest BCUT2D eigenvalue weighted by Gasteiger charge is 2.30. The third kappa shape index (κ3) is 4.56. The highest BCUT2D eigenvalue weighted by molar-refractivity contribution is 7.17. The summed E-state index contributed by atoms with van der Waals surface area (Å²) in [4.78, 5) is 18.3. The normalized spacial score (nSPS) is 11.6. The van der Waals surface area contributed by atoms with Gasteiger partial charge in [0.1, 0.15) is 9.88 Å². The summed E-state index contributed by atoms with van der Waals surface area (Å²) >= 11 is 2.71. The van der Waals surface area contributed by atoms with Crippen molar-refractivity contribution in [1.29, 1.82) is 0 Å². The molecule has 142 valence electrons. The van der Waals surface area contributed by atoms with Crippen molar-refractivity contribution in [3.63, 3.8) is 0 Å². The summed E-state index contributed by atoms with van der Waals surface area (Å²) in [5, 5.41) is 2.51. The van der Waals surface area contributed by atoms with Crippen LogP contribution in [-0.2, 0) is 17.3 Å². The number of thiazole rings is 1. The Morgan fingerprint density at radius 3 is 2.48 bits per heavy atom. The first kappa shape index (κ1) is 19.6. The van der Waals surface area contributed by atoms with E-state index in [0.29, 0.717) is 27.6 Å². The molecular formula is C19H16F3NO2S2. The molecule has 27 heavy (non-hydrogen) atoms. The summed E-state index contributed by atoms with van der Waals surface area (Å²) in [5.74, 6) is -0.462. The lowest BCUT2D eigenvalue weighted by molar-refractivity contribution is -0.137. The minimum atomic E-state index is -4.39. The van der Waals surface area contributed by atoms with Gasteiger partial charge in [0.25, 0.3) is 0 Å². The highest BCUT2D eigenvalue weighted by atomic mass is 32.1. The van der Waals surface area contributed by atoms with Crippen LogP contribution in [0.3, 0.4) is 0 Å². The predicted octanol–water partition coefficient (Wildman–Crippen LogP) is 5.97. The second kappa shape index (κ2) is 7.82. The van der Waals surface area contributed by atoms with Gasteiger partial charge in [-0.15, -0.1) is 22.7 Å². The van der Waals surface area contributed by atoms with Crippen molar-refractivity contribution in [3.8, 4) is 10.6 Å². The van der Waals surface area contributed by atoms with Gasteiger partial charge in [0.2, 0.25) is 0 Å². The number of thiophene rings is 1. The van der Waals surface area contributed by atoms with E-state index in [9.17, 15) is 18.0 Å². The molecule has 0 saturated carbocycles. The van der Waals surface area contributed by atoms with Crippen molar-refractivity contribution in [2.45, 2.75) is 26.4 Å².